The van der Waals surface area contributed by atoms with Crippen molar-refractivity contribution in [1.29, 1.82) is 0 Å². The highest BCUT2D eigenvalue weighted by atomic mass is 16.2. The Morgan fingerprint density at radius 3 is 2.65 bits per heavy atom. The first-order chi connectivity index (χ1) is 12.6. The van der Waals surface area contributed by atoms with Gasteiger partial charge in [0.25, 0.3) is 0 Å². The average Bonchev–Trinajstić information content (AvgIpc) is 2.87. The van der Waals surface area contributed by atoms with Crippen LogP contribution in [0, 0.1) is 6.92 Å². The number of aryl methyl sites for hydroxylation is 1. The lowest BCUT2D eigenvalue weighted by atomic mass is 9.83. The van der Waals surface area contributed by atoms with E-state index in [0.29, 0.717) is 18.3 Å². The maximum absolute atomic E-state index is 13.3. The molecule has 5 rings (SSSR count). The first-order valence-electron chi connectivity index (χ1n) is 9.52. The molecule has 3 nitrogen and oxygen atoms in total. The number of carbonyl (C=O) groups excluding carboxylic acids is 1. The summed E-state index contributed by atoms with van der Waals surface area (Å²) < 4.78 is 2.06. The molecule has 0 aliphatic carbocycles. The van der Waals surface area contributed by atoms with E-state index in [0.717, 1.165) is 25.0 Å². The minimum absolute atomic E-state index is 0.251. The lowest BCUT2D eigenvalue weighted by Crippen LogP contribution is -2.31. The minimum atomic E-state index is 0.251. The van der Waals surface area contributed by atoms with E-state index in [9.17, 15) is 4.79 Å². The molecule has 0 fully saturated rings. The maximum Gasteiger partial charge on any atom is 0.231 e. The summed E-state index contributed by atoms with van der Waals surface area (Å²) in [5.74, 6) is 0.961. The number of nitrogens with zero attached hydrogens (tertiary/aromatic N) is 2. The Morgan fingerprint density at radius 1 is 1.04 bits per heavy atom. The smallest absolute Gasteiger partial charge is 0.231 e. The Balaban J connectivity index is 1.71. The van der Waals surface area contributed by atoms with Gasteiger partial charge >= 0.3 is 0 Å². The highest BCUT2D eigenvalue weighted by molar-refractivity contribution is 5.97. The number of carbonyl (C=O) groups is 1. The van der Waals surface area contributed by atoms with Crippen LogP contribution in [0.3, 0.4) is 0 Å². The van der Waals surface area contributed by atoms with Crippen molar-refractivity contribution in [3.63, 3.8) is 0 Å². The van der Waals surface area contributed by atoms with Crippen molar-refractivity contribution < 1.29 is 4.79 Å². The van der Waals surface area contributed by atoms with Crippen molar-refractivity contribution in [2.24, 2.45) is 0 Å². The van der Waals surface area contributed by atoms with Gasteiger partial charge in [-0.25, -0.2) is 0 Å². The molecule has 0 saturated carbocycles. The molecule has 0 spiro atoms. The maximum atomic E-state index is 13.3. The molecule has 3 aromatic rings. The number of hydrogen-bond acceptors (Lipinski definition) is 2. The van der Waals surface area contributed by atoms with Crippen LogP contribution in [-0.4, -0.2) is 29.0 Å². The van der Waals surface area contributed by atoms with Gasteiger partial charge in [-0.3, -0.25) is 9.36 Å². The largest absolute Gasteiger partial charge is 0.301 e. The molecule has 2 unspecified atom stereocenters. The average molecular weight is 344 g/mol. The Bertz CT molecular complexity index is 1000. The van der Waals surface area contributed by atoms with E-state index in [1.807, 2.05) is 6.07 Å². The minimum Gasteiger partial charge on any atom is -0.301 e. The molecule has 2 aliphatic heterocycles. The number of fused-ring (bicyclic) bond motifs is 3. The van der Waals surface area contributed by atoms with E-state index in [4.69, 9.17) is 0 Å². The SMILES string of the molecule is Cc1ccc2c(c1)c1c3n2C(=O)CC(c2ccccc2)CC3CN(C)C1. The Hall–Kier alpha value is -2.39. The number of likely N-dealkylation sites (N-methyl/N-ethyl adjacent to an activating group) is 1. The summed E-state index contributed by atoms with van der Waals surface area (Å²) in [7, 11) is 2.20. The summed E-state index contributed by atoms with van der Waals surface area (Å²) in [5.41, 5.74) is 6.30. The molecule has 2 aromatic carbocycles. The highest BCUT2D eigenvalue weighted by Gasteiger charge is 2.37. The molecule has 2 atom stereocenters. The van der Waals surface area contributed by atoms with Gasteiger partial charge in [-0.15, -0.1) is 0 Å². The van der Waals surface area contributed by atoms with Crippen LogP contribution in [0.1, 0.15) is 51.9 Å². The van der Waals surface area contributed by atoms with Crippen molar-refractivity contribution in [3.8, 4) is 0 Å². The summed E-state index contributed by atoms with van der Waals surface area (Å²) >= 11 is 0. The summed E-state index contributed by atoms with van der Waals surface area (Å²) in [6.07, 6.45) is 1.64. The van der Waals surface area contributed by atoms with E-state index < -0.39 is 0 Å². The highest BCUT2D eigenvalue weighted by Crippen LogP contribution is 2.44. The van der Waals surface area contributed by atoms with Crippen LogP contribution in [0.25, 0.3) is 10.9 Å². The lowest BCUT2D eigenvalue weighted by Gasteiger charge is -2.31. The van der Waals surface area contributed by atoms with Crippen molar-refractivity contribution in [1.82, 2.24) is 9.47 Å². The third kappa shape index (κ3) is 2.34. The molecule has 0 saturated heterocycles. The molecule has 0 N–H and O–H groups in total. The number of benzene rings is 2. The van der Waals surface area contributed by atoms with Gasteiger partial charge in [-0.05, 0) is 49.6 Å². The second kappa shape index (κ2) is 5.82. The molecule has 0 bridgehead atoms. The van der Waals surface area contributed by atoms with Crippen LogP contribution < -0.4 is 0 Å². The summed E-state index contributed by atoms with van der Waals surface area (Å²) in [6, 6.07) is 17.1. The fourth-order valence-corrected chi connectivity index (χ4v) is 5.04. The number of rotatable bonds is 1. The predicted octanol–water partition coefficient (Wildman–Crippen LogP) is 4.70. The van der Waals surface area contributed by atoms with Crippen molar-refractivity contribution >= 4 is 16.8 Å². The zero-order valence-electron chi connectivity index (χ0n) is 15.4. The second-order valence-corrected chi connectivity index (χ2v) is 8.05. The van der Waals surface area contributed by atoms with E-state index in [2.05, 4.69) is 65.9 Å². The standard InChI is InChI=1S/C23H24N2O/c1-15-8-9-21-19(10-15)20-14-24(2)13-18-11-17(16-6-4-3-5-7-16)12-22(26)25(21)23(18)20/h3-10,17-18H,11-14H2,1-2H3. The predicted molar refractivity (Wildman–Crippen MR) is 105 cm³/mol. The molecule has 3 heterocycles. The molecule has 0 radical (unpaired) electrons. The first kappa shape index (κ1) is 15.8. The van der Waals surface area contributed by atoms with E-state index in [1.165, 1.54) is 27.8 Å². The molecule has 2 aliphatic rings. The van der Waals surface area contributed by atoms with Crippen LogP contribution >= 0.6 is 0 Å². The molecular weight excluding hydrogens is 320 g/mol. The van der Waals surface area contributed by atoms with Gasteiger partial charge in [0.2, 0.25) is 5.91 Å². The van der Waals surface area contributed by atoms with Crippen LogP contribution in [0.5, 0.6) is 0 Å². The van der Waals surface area contributed by atoms with Gasteiger partial charge in [0.1, 0.15) is 0 Å². The molecule has 26 heavy (non-hydrogen) atoms. The first-order valence-corrected chi connectivity index (χ1v) is 9.52. The van der Waals surface area contributed by atoms with Crippen LogP contribution in [0.15, 0.2) is 48.5 Å². The molecule has 3 heteroatoms. The normalized spacial score (nSPS) is 23.1. The lowest BCUT2D eigenvalue weighted by molar-refractivity contribution is 0.0901. The number of aromatic nitrogens is 1. The zero-order valence-corrected chi connectivity index (χ0v) is 15.4. The summed E-state index contributed by atoms with van der Waals surface area (Å²) in [6.45, 7) is 4.09. The summed E-state index contributed by atoms with van der Waals surface area (Å²) in [4.78, 5) is 15.7. The topological polar surface area (TPSA) is 25.2 Å². The van der Waals surface area contributed by atoms with Gasteiger partial charge < -0.3 is 4.90 Å². The van der Waals surface area contributed by atoms with Crippen molar-refractivity contribution in [3.05, 3.63) is 70.9 Å². The molecule has 0 amide bonds. The van der Waals surface area contributed by atoms with Gasteiger partial charge in [-0.1, -0.05) is 42.0 Å². The second-order valence-electron chi connectivity index (χ2n) is 8.05. The van der Waals surface area contributed by atoms with Crippen molar-refractivity contribution in [2.45, 2.75) is 38.1 Å². The Morgan fingerprint density at radius 2 is 1.85 bits per heavy atom. The fraction of sp³-hybridized carbons (Fsp3) is 0.348. The van der Waals surface area contributed by atoms with Crippen LogP contribution in [0.2, 0.25) is 0 Å². The van der Waals surface area contributed by atoms with Crippen LogP contribution in [-0.2, 0) is 6.54 Å². The van der Waals surface area contributed by atoms with Crippen molar-refractivity contribution in [2.75, 3.05) is 13.6 Å². The Kier molecular flexibility index (Phi) is 3.54. The van der Waals surface area contributed by atoms with E-state index in [-0.39, 0.29) is 5.91 Å². The zero-order chi connectivity index (χ0) is 17.8. The molecular formula is C23H24N2O. The van der Waals surface area contributed by atoms with Crippen LogP contribution in [0.4, 0.5) is 0 Å². The van der Waals surface area contributed by atoms with E-state index >= 15 is 0 Å². The van der Waals surface area contributed by atoms with Gasteiger partial charge in [0, 0.05) is 36.5 Å². The van der Waals surface area contributed by atoms with E-state index in [1.54, 1.807) is 0 Å². The molecule has 132 valence electrons. The van der Waals surface area contributed by atoms with Gasteiger partial charge in [-0.2, -0.15) is 0 Å². The Labute approximate surface area is 154 Å². The number of hydrogen-bond donors (Lipinski definition) is 0. The quantitative estimate of drug-likeness (QED) is 0.639. The third-order valence-electron chi connectivity index (χ3n) is 6.13. The van der Waals surface area contributed by atoms with Gasteiger partial charge in [0.05, 0.1) is 5.52 Å². The fourth-order valence-electron chi connectivity index (χ4n) is 5.04. The monoisotopic (exact) mass is 344 g/mol. The summed E-state index contributed by atoms with van der Waals surface area (Å²) in [5, 5.41) is 1.27. The van der Waals surface area contributed by atoms with Gasteiger partial charge in [0.15, 0.2) is 0 Å². The molecule has 1 aromatic heterocycles. The third-order valence-corrected chi connectivity index (χ3v) is 6.13.